The fourth-order valence-corrected chi connectivity index (χ4v) is 4.73. The second kappa shape index (κ2) is 10.1. The van der Waals surface area contributed by atoms with Crippen molar-refractivity contribution in [3.05, 3.63) is 64.4 Å². The minimum absolute atomic E-state index is 0.0576. The maximum absolute atomic E-state index is 13.2. The fraction of sp³-hybridized carbons (Fsp3) is 0.435. The summed E-state index contributed by atoms with van der Waals surface area (Å²) in [4.78, 5) is 18.4. The summed E-state index contributed by atoms with van der Waals surface area (Å²) < 4.78 is 6.09. The highest BCUT2D eigenvalue weighted by molar-refractivity contribution is 7.10. The highest BCUT2D eigenvalue weighted by Gasteiger charge is 2.32. The van der Waals surface area contributed by atoms with Crippen LogP contribution in [-0.4, -0.2) is 59.7 Å². The molecule has 1 N–H and O–H groups in total. The molecule has 2 heterocycles. The highest BCUT2D eigenvalue weighted by atomic mass is 32.1. The van der Waals surface area contributed by atoms with Crippen molar-refractivity contribution in [3.8, 4) is 5.75 Å². The van der Waals surface area contributed by atoms with Gasteiger partial charge in [0.05, 0.1) is 18.7 Å². The van der Waals surface area contributed by atoms with E-state index in [0.717, 1.165) is 17.7 Å². The first-order valence-corrected chi connectivity index (χ1v) is 10.9. The maximum atomic E-state index is 13.2. The van der Waals surface area contributed by atoms with Crippen molar-refractivity contribution in [2.24, 2.45) is 0 Å². The Bertz CT molecular complexity index is 833. The number of rotatable bonds is 9. The van der Waals surface area contributed by atoms with E-state index in [9.17, 15) is 9.90 Å². The molecule has 2 aromatic rings. The van der Waals surface area contributed by atoms with Crippen LogP contribution >= 0.6 is 11.3 Å². The van der Waals surface area contributed by atoms with Crippen LogP contribution in [0.1, 0.15) is 29.0 Å². The lowest BCUT2D eigenvalue weighted by molar-refractivity contribution is -0.136. The molecule has 0 spiro atoms. The number of aryl methyl sites for hydroxylation is 1. The van der Waals surface area contributed by atoms with Gasteiger partial charge in [-0.25, -0.2) is 0 Å². The first-order chi connectivity index (χ1) is 14.0. The summed E-state index contributed by atoms with van der Waals surface area (Å²) in [7, 11) is 0. The smallest absolute Gasteiger partial charge is 0.237 e. The zero-order valence-electron chi connectivity index (χ0n) is 17.2. The molecule has 156 valence electrons. The Labute approximate surface area is 177 Å². The number of aliphatic hydroxyl groups excluding tert-OH is 1. The van der Waals surface area contributed by atoms with Crippen LogP contribution in [0.5, 0.6) is 5.75 Å². The number of nitrogens with zero attached hydrogens (tertiary/aromatic N) is 2. The second-order valence-corrected chi connectivity index (χ2v) is 8.61. The highest BCUT2D eigenvalue weighted by Crippen LogP contribution is 2.34. The second-order valence-electron chi connectivity index (χ2n) is 7.61. The number of fused-ring (bicyclic) bond motifs is 1. The molecule has 2 atom stereocenters. The number of carbonyl (C=O) groups is 1. The molecule has 1 aliphatic rings. The molecule has 5 nitrogen and oxygen atoms in total. The van der Waals surface area contributed by atoms with Crippen LogP contribution in [-0.2, 0) is 11.2 Å². The number of ether oxygens (including phenoxy) is 1. The van der Waals surface area contributed by atoms with E-state index in [1.165, 1.54) is 10.4 Å². The van der Waals surface area contributed by atoms with Gasteiger partial charge in [0.2, 0.25) is 5.91 Å². The molecule has 0 radical (unpaired) electrons. The summed E-state index contributed by atoms with van der Waals surface area (Å²) in [6.07, 6.45) is 2.15. The first kappa shape index (κ1) is 21.6. The van der Waals surface area contributed by atoms with Gasteiger partial charge in [0.25, 0.3) is 0 Å². The summed E-state index contributed by atoms with van der Waals surface area (Å²) in [5.41, 5.74) is 2.33. The average molecular weight is 415 g/mol. The van der Waals surface area contributed by atoms with E-state index in [4.69, 9.17) is 4.74 Å². The van der Waals surface area contributed by atoms with E-state index in [1.807, 2.05) is 41.0 Å². The molecule has 0 bridgehead atoms. The van der Waals surface area contributed by atoms with E-state index in [2.05, 4.69) is 18.0 Å². The lowest BCUT2D eigenvalue weighted by Crippen LogP contribution is -2.47. The zero-order valence-corrected chi connectivity index (χ0v) is 18.0. The number of carbonyl (C=O) groups excluding carboxylic acids is 1. The Morgan fingerprint density at radius 2 is 2.31 bits per heavy atom. The Balaban J connectivity index is 1.74. The van der Waals surface area contributed by atoms with Crippen molar-refractivity contribution in [2.75, 3.05) is 32.8 Å². The SMILES string of the molecule is C=CCN(CC(=O)N1CCc2sccc2[C@H]1COc1cccc(C)c1)C[C@H](C)O. The van der Waals surface area contributed by atoms with Gasteiger partial charge in [-0.3, -0.25) is 9.69 Å². The van der Waals surface area contributed by atoms with E-state index in [1.54, 1.807) is 24.3 Å². The van der Waals surface area contributed by atoms with Gasteiger partial charge in [-0.05, 0) is 55.0 Å². The minimum Gasteiger partial charge on any atom is -0.491 e. The first-order valence-electron chi connectivity index (χ1n) is 10.0. The molecular formula is C23H30N2O3S. The predicted molar refractivity (Wildman–Crippen MR) is 117 cm³/mol. The monoisotopic (exact) mass is 414 g/mol. The number of thiophene rings is 1. The molecule has 0 saturated carbocycles. The van der Waals surface area contributed by atoms with Crippen LogP contribution in [0.25, 0.3) is 0 Å². The molecule has 3 rings (SSSR count). The number of aliphatic hydroxyl groups is 1. The van der Waals surface area contributed by atoms with Gasteiger partial charge in [0, 0.05) is 24.5 Å². The van der Waals surface area contributed by atoms with E-state index < -0.39 is 6.10 Å². The fourth-order valence-electron chi connectivity index (χ4n) is 3.80. The van der Waals surface area contributed by atoms with Crippen molar-refractivity contribution < 1.29 is 14.6 Å². The number of amides is 1. The molecule has 0 saturated heterocycles. The standard InChI is InChI=1S/C23H30N2O3S/c1-4-10-24(14-18(3)26)15-23(27)25-11-8-22-20(9-12-29-22)21(25)16-28-19-7-5-6-17(2)13-19/h4-7,9,12-13,18,21,26H,1,8,10-11,14-16H2,2-3H3/t18-,21+/m0/s1. The van der Waals surface area contributed by atoms with Gasteiger partial charge in [0.15, 0.2) is 0 Å². The summed E-state index contributed by atoms with van der Waals surface area (Å²) in [5.74, 6) is 0.879. The molecule has 29 heavy (non-hydrogen) atoms. The number of hydrogen-bond donors (Lipinski definition) is 1. The normalized spacial score (nSPS) is 17.1. The Kier molecular flexibility index (Phi) is 7.47. The minimum atomic E-state index is -0.493. The van der Waals surface area contributed by atoms with E-state index in [0.29, 0.717) is 26.2 Å². The van der Waals surface area contributed by atoms with Gasteiger partial charge in [-0.1, -0.05) is 18.2 Å². The van der Waals surface area contributed by atoms with Gasteiger partial charge in [-0.15, -0.1) is 17.9 Å². The Morgan fingerprint density at radius 3 is 3.03 bits per heavy atom. The van der Waals surface area contributed by atoms with Crippen LogP contribution in [0.15, 0.2) is 48.4 Å². The average Bonchev–Trinajstić information content (AvgIpc) is 3.14. The Hall–Kier alpha value is -2.15. The van der Waals surface area contributed by atoms with Crippen molar-refractivity contribution >= 4 is 17.2 Å². The van der Waals surface area contributed by atoms with Crippen molar-refractivity contribution in [1.29, 1.82) is 0 Å². The van der Waals surface area contributed by atoms with Crippen molar-refractivity contribution in [1.82, 2.24) is 9.80 Å². The largest absolute Gasteiger partial charge is 0.491 e. The third-order valence-corrected chi connectivity index (χ3v) is 6.08. The van der Waals surface area contributed by atoms with Gasteiger partial charge in [0.1, 0.15) is 12.4 Å². The van der Waals surface area contributed by atoms with Crippen LogP contribution < -0.4 is 4.74 Å². The quantitative estimate of drug-likeness (QED) is 0.639. The van der Waals surface area contributed by atoms with Crippen LogP contribution in [0.2, 0.25) is 0 Å². The lowest BCUT2D eigenvalue weighted by Gasteiger charge is -2.37. The third kappa shape index (κ3) is 5.69. The van der Waals surface area contributed by atoms with Crippen molar-refractivity contribution in [3.63, 3.8) is 0 Å². The Morgan fingerprint density at radius 1 is 1.48 bits per heavy atom. The molecule has 0 unspecified atom stereocenters. The summed E-state index contributed by atoms with van der Waals surface area (Å²) in [6.45, 7) is 9.93. The topological polar surface area (TPSA) is 53.0 Å². The molecular weight excluding hydrogens is 384 g/mol. The van der Waals surface area contributed by atoms with Gasteiger partial charge in [-0.2, -0.15) is 0 Å². The summed E-state index contributed by atoms with van der Waals surface area (Å²) in [5, 5.41) is 11.8. The molecule has 6 heteroatoms. The number of benzene rings is 1. The van der Waals surface area contributed by atoms with Crippen molar-refractivity contribution in [2.45, 2.75) is 32.4 Å². The van der Waals surface area contributed by atoms with Crippen LogP contribution in [0, 0.1) is 6.92 Å². The van der Waals surface area contributed by atoms with Crippen LogP contribution in [0.4, 0.5) is 0 Å². The summed E-state index contributed by atoms with van der Waals surface area (Å²) in [6, 6.07) is 9.99. The molecule has 1 aromatic heterocycles. The molecule has 0 fully saturated rings. The van der Waals surface area contributed by atoms with Gasteiger partial charge >= 0.3 is 0 Å². The number of hydrogen-bond acceptors (Lipinski definition) is 5. The molecule has 1 amide bonds. The van der Waals surface area contributed by atoms with Crippen LogP contribution in [0.3, 0.4) is 0 Å². The molecule has 1 aliphatic heterocycles. The zero-order chi connectivity index (χ0) is 20.8. The molecule has 0 aliphatic carbocycles. The van der Waals surface area contributed by atoms with E-state index >= 15 is 0 Å². The third-order valence-electron chi connectivity index (χ3n) is 5.08. The van der Waals surface area contributed by atoms with E-state index in [-0.39, 0.29) is 18.5 Å². The predicted octanol–water partition coefficient (Wildman–Crippen LogP) is 3.43. The summed E-state index contributed by atoms with van der Waals surface area (Å²) >= 11 is 1.75. The molecule has 1 aromatic carbocycles. The van der Waals surface area contributed by atoms with Gasteiger partial charge < -0.3 is 14.7 Å². The maximum Gasteiger partial charge on any atom is 0.237 e. The lowest BCUT2D eigenvalue weighted by atomic mass is 10.0.